The van der Waals surface area contributed by atoms with Gasteiger partial charge in [-0.1, -0.05) is 17.4 Å². The van der Waals surface area contributed by atoms with Crippen molar-refractivity contribution in [1.82, 2.24) is 14.1 Å². The van der Waals surface area contributed by atoms with Crippen LogP contribution in [-0.2, 0) is 11.3 Å². The third-order valence-electron chi connectivity index (χ3n) is 5.78. The highest BCUT2D eigenvalue weighted by atomic mass is 32.1. The largest absolute Gasteiger partial charge is 0.495 e. The quantitative estimate of drug-likeness (QED) is 0.593. The number of carbonyl (C=O) groups excluding carboxylic acids is 1. The van der Waals surface area contributed by atoms with Crippen LogP contribution in [0, 0.1) is 6.92 Å². The summed E-state index contributed by atoms with van der Waals surface area (Å²) in [6.45, 7) is 6.96. The Labute approximate surface area is 195 Å². The lowest BCUT2D eigenvalue weighted by Gasteiger charge is -2.25. The zero-order chi connectivity index (χ0) is 23.7. The van der Waals surface area contributed by atoms with Crippen molar-refractivity contribution in [3.63, 3.8) is 0 Å². The number of methoxy groups -OCH3 is 1. The average molecular weight is 472 g/mol. The van der Waals surface area contributed by atoms with Gasteiger partial charge in [-0.3, -0.25) is 18.7 Å². The van der Waals surface area contributed by atoms with Crippen LogP contribution in [0.1, 0.15) is 44.7 Å². The van der Waals surface area contributed by atoms with E-state index in [4.69, 9.17) is 4.74 Å². The van der Waals surface area contributed by atoms with E-state index in [9.17, 15) is 14.4 Å². The van der Waals surface area contributed by atoms with E-state index in [-0.39, 0.29) is 23.8 Å². The topological polar surface area (TPSA) is 98.5 Å². The summed E-state index contributed by atoms with van der Waals surface area (Å²) in [5, 5.41) is 3.55. The van der Waals surface area contributed by atoms with E-state index in [1.165, 1.54) is 34.0 Å². The molecule has 0 bridgehead atoms. The second kappa shape index (κ2) is 9.38. The first-order valence-electron chi connectivity index (χ1n) is 11.2. The lowest BCUT2D eigenvalue weighted by Crippen LogP contribution is -2.42. The van der Waals surface area contributed by atoms with Gasteiger partial charge in [-0.25, -0.2) is 9.78 Å². The van der Waals surface area contributed by atoms with E-state index in [1.807, 2.05) is 13.0 Å². The number of nitrogens with one attached hydrogen (secondary N) is 1. The van der Waals surface area contributed by atoms with Crippen LogP contribution in [-0.4, -0.2) is 40.2 Å². The summed E-state index contributed by atoms with van der Waals surface area (Å²) in [6.07, 6.45) is 3.31. The molecule has 1 N–H and O–H groups in total. The minimum atomic E-state index is -0.538. The number of aryl methyl sites for hydroxylation is 1. The molecule has 1 aliphatic rings. The standard InChI is InChI=1S/C23H29N5O4S/c1-14(2)28-21(30)19-20(25-22(33-19)26-10-6-5-7-11-26)27(23(28)31)13-18(29)24-16-12-15(3)8-9-17(16)32-4/h8-9,12,14H,5-7,10-11,13H2,1-4H3,(H,24,29). The Morgan fingerprint density at radius 3 is 2.61 bits per heavy atom. The van der Waals surface area contributed by atoms with E-state index in [1.54, 1.807) is 26.0 Å². The van der Waals surface area contributed by atoms with Gasteiger partial charge in [0.15, 0.2) is 10.8 Å². The first-order chi connectivity index (χ1) is 15.8. The molecule has 10 heteroatoms. The second-order valence-corrected chi connectivity index (χ2v) is 9.56. The summed E-state index contributed by atoms with van der Waals surface area (Å²) in [7, 11) is 1.53. The molecule has 1 saturated heterocycles. The molecule has 0 aliphatic carbocycles. The van der Waals surface area contributed by atoms with E-state index in [0.29, 0.717) is 16.1 Å². The van der Waals surface area contributed by atoms with Gasteiger partial charge in [0.25, 0.3) is 5.56 Å². The lowest BCUT2D eigenvalue weighted by molar-refractivity contribution is -0.116. The van der Waals surface area contributed by atoms with Crippen molar-refractivity contribution < 1.29 is 9.53 Å². The van der Waals surface area contributed by atoms with Crippen molar-refractivity contribution in [1.29, 1.82) is 0 Å². The Morgan fingerprint density at radius 2 is 1.94 bits per heavy atom. The minimum Gasteiger partial charge on any atom is -0.495 e. The van der Waals surface area contributed by atoms with Gasteiger partial charge in [0, 0.05) is 19.1 Å². The number of thiazole rings is 1. The van der Waals surface area contributed by atoms with Crippen LogP contribution in [0.5, 0.6) is 5.75 Å². The monoisotopic (exact) mass is 471 g/mol. The van der Waals surface area contributed by atoms with Gasteiger partial charge in [-0.15, -0.1) is 0 Å². The molecule has 0 radical (unpaired) electrons. The maximum absolute atomic E-state index is 13.3. The maximum Gasteiger partial charge on any atom is 0.333 e. The van der Waals surface area contributed by atoms with Crippen molar-refractivity contribution >= 4 is 38.4 Å². The fraction of sp³-hybridized carbons (Fsp3) is 0.478. The van der Waals surface area contributed by atoms with Gasteiger partial charge in [0.2, 0.25) is 5.91 Å². The molecule has 0 unspecified atom stereocenters. The predicted octanol–water partition coefficient (Wildman–Crippen LogP) is 3.15. The first kappa shape index (κ1) is 23.0. The molecule has 1 aliphatic heterocycles. The number of hydrogen-bond donors (Lipinski definition) is 1. The van der Waals surface area contributed by atoms with Crippen LogP contribution < -0.4 is 26.2 Å². The number of amides is 1. The molecule has 4 rings (SSSR count). The number of piperidine rings is 1. The van der Waals surface area contributed by atoms with Gasteiger partial charge in [-0.05, 0) is 57.7 Å². The van der Waals surface area contributed by atoms with Gasteiger partial charge in [-0.2, -0.15) is 0 Å². The minimum absolute atomic E-state index is 0.261. The summed E-state index contributed by atoms with van der Waals surface area (Å²) in [6, 6.07) is 5.13. The number of nitrogens with zero attached hydrogens (tertiary/aromatic N) is 4. The van der Waals surface area contributed by atoms with Crippen LogP contribution in [0.25, 0.3) is 10.3 Å². The van der Waals surface area contributed by atoms with E-state index in [0.717, 1.165) is 36.6 Å². The fourth-order valence-corrected chi connectivity index (χ4v) is 5.17. The molecule has 9 nitrogen and oxygen atoms in total. The SMILES string of the molecule is COc1ccc(C)cc1NC(=O)Cn1c(=O)n(C(C)C)c(=O)c2sc(N3CCCCC3)nc21. The number of ether oxygens (including phenoxy) is 1. The number of hydrogen-bond acceptors (Lipinski definition) is 7. The van der Waals surface area contributed by atoms with Crippen LogP contribution >= 0.6 is 11.3 Å². The Hall–Kier alpha value is -3.14. The van der Waals surface area contributed by atoms with E-state index < -0.39 is 11.6 Å². The molecule has 1 aromatic carbocycles. The van der Waals surface area contributed by atoms with Crippen LogP contribution in [0.4, 0.5) is 10.8 Å². The number of rotatable bonds is 6. The number of benzene rings is 1. The molecular weight excluding hydrogens is 442 g/mol. The molecule has 1 fully saturated rings. The van der Waals surface area contributed by atoms with Gasteiger partial charge < -0.3 is 15.0 Å². The number of anilines is 2. The van der Waals surface area contributed by atoms with E-state index >= 15 is 0 Å². The Bertz CT molecular complexity index is 1300. The summed E-state index contributed by atoms with van der Waals surface area (Å²) in [4.78, 5) is 46.2. The van der Waals surface area contributed by atoms with Crippen molar-refractivity contribution in [2.75, 3.05) is 30.4 Å². The molecule has 0 atom stereocenters. The smallest absolute Gasteiger partial charge is 0.333 e. The Kier molecular flexibility index (Phi) is 6.55. The third-order valence-corrected chi connectivity index (χ3v) is 6.87. The zero-order valence-electron chi connectivity index (χ0n) is 19.4. The second-order valence-electron chi connectivity index (χ2n) is 8.59. The van der Waals surface area contributed by atoms with Crippen molar-refractivity contribution in [3.8, 4) is 5.75 Å². The Balaban J connectivity index is 1.76. The van der Waals surface area contributed by atoms with Crippen molar-refractivity contribution in [2.45, 2.75) is 52.6 Å². The fourth-order valence-electron chi connectivity index (χ4n) is 4.11. The predicted molar refractivity (Wildman–Crippen MR) is 131 cm³/mol. The molecule has 3 heterocycles. The molecule has 0 saturated carbocycles. The molecule has 176 valence electrons. The van der Waals surface area contributed by atoms with Gasteiger partial charge >= 0.3 is 5.69 Å². The zero-order valence-corrected chi connectivity index (χ0v) is 20.2. The van der Waals surface area contributed by atoms with Gasteiger partial charge in [0.05, 0.1) is 12.8 Å². The van der Waals surface area contributed by atoms with Crippen LogP contribution in [0.3, 0.4) is 0 Å². The molecule has 33 heavy (non-hydrogen) atoms. The number of fused-ring (bicyclic) bond motifs is 1. The Morgan fingerprint density at radius 1 is 1.21 bits per heavy atom. The van der Waals surface area contributed by atoms with E-state index in [2.05, 4.69) is 15.2 Å². The number of carbonyl (C=O) groups is 1. The highest BCUT2D eigenvalue weighted by molar-refractivity contribution is 7.22. The summed E-state index contributed by atoms with van der Waals surface area (Å²) in [5.41, 5.74) is 0.854. The molecule has 3 aromatic rings. The summed E-state index contributed by atoms with van der Waals surface area (Å²) >= 11 is 1.29. The highest BCUT2D eigenvalue weighted by Gasteiger charge is 2.23. The van der Waals surface area contributed by atoms with Crippen molar-refractivity contribution in [2.24, 2.45) is 0 Å². The third kappa shape index (κ3) is 4.52. The van der Waals surface area contributed by atoms with Gasteiger partial charge in [0.1, 0.15) is 17.0 Å². The molecule has 0 spiro atoms. The lowest BCUT2D eigenvalue weighted by atomic mass is 10.1. The molecule has 2 aromatic heterocycles. The average Bonchev–Trinajstić information content (AvgIpc) is 3.23. The number of aromatic nitrogens is 3. The summed E-state index contributed by atoms with van der Waals surface area (Å²) in [5.74, 6) is 0.128. The normalized spacial score (nSPS) is 14.2. The molecule has 1 amide bonds. The summed E-state index contributed by atoms with van der Waals surface area (Å²) < 4.78 is 8.23. The first-order valence-corrected chi connectivity index (χ1v) is 12.0. The molecular formula is C23H29N5O4S. The van der Waals surface area contributed by atoms with Crippen molar-refractivity contribution in [3.05, 3.63) is 44.6 Å². The van der Waals surface area contributed by atoms with Crippen LogP contribution in [0.15, 0.2) is 27.8 Å². The van der Waals surface area contributed by atoms with Crippen LogP contribution in [0.2, 0.25) is 0 Å². The maximum atomic E-state index is 13.3. The highest BCUT2D eigenvalue weighted by Crippen LogP contribution is 2.29.